The maximum atomic E-state index is 11.8. The summed E-state index contributed by atoms with van der Waals surface area (Å²) in [5.74, 6) is 0.333. The number of nitrogens with zero attached hydrogens (tertiary/aromatic N) is 1. The van der Waals surface area contributed by atoms with Gasteiger partial charge in [0.15, 0.2) is 0 Å². The zero-order chi connectivity index (χ0) is 14.1. The average molecular weight is 263 g/mol. The zero-order valence-electron chi connectivity index (χ0n) is 12.0. The van der Waals surface area contributed by atoms with Gasteiger partial charge in [0.25, 0.3) is 5.91 Å². The molecule has 0 saturated heterocycles. The number of amides is 1. The smallest absolute Gasteiger partial charge is 0.263 e. The fraction of sp³-hybridized carbons (Fsp3) is 0.733. The molecule has 19 heavy (non-hydrogen) atoms. The number of nitriles is 1. The van der Waals surface area contributed by atoms with Crippen LogP contribution in [0.2, 0.25) is 0 Å². The summed E-state index contributed by atoms with van der Waals surface area (Å²) in [6.07, 6.45) is 8.41. The van der Waals surface area contributed by atoms with Crippen molar-refractivity contribution in [3.8, 4) is 6.07 Å². The van der Waals surface area contributed by atoms with Gasteiger partial charge in [-0.2, -0.15) is 5.26 Å². The molecule has 0 radical (unpaired) electrons. The van der Waals surface area contributed by atoms with Crippen LogP contribution in [0.5, 0.6) is 0 Å². The predicted octanol–water partition coefficient (Wildman–Crippen LogP) is 2.48. The molecule has 106 valence electrons. The third-order valence-electron chi connectivity index (χ3n) is 3.73. The van der Waals surface area contributed by atoms with Crippen molar-refractivity contribution in [1.29, 1.82) is 5.26 Å². The van der Waals surface area contributed by atoms with E-state index >= 15 is 0 Å². The van der Waals surface area contributed by atoms with E-state index < -0.39 is 0 Å². The number of rotatable bonds is 6. The van der Waals surface area contributed by atoms with Crippen LogP contribution in [-0.2, 0) is 4.79 Å². The molecule has 2 atom stereocenters. The lowest BCUT2D eigenvalue weighted by atomic mass is 9.86. The standard InChI is InChI=1S/C15H25N3O/c1-3-4-9-17-15(19)13(10-16)11-18-14-8-6-5-7-12(14)2/h11-12,14,18H,3-9H2,1-2H3,(H,17,19)/b13-11-. The molecule has 0 spiro atoms. The van der Waals surface area contributed by atoms with Crippen molar-refractivity contribution in [1.82, 2.24) is 10.6 Å². The van der Waals surface area contributed by atoms with E-state index in [9.17, 15) is 4.79 Å². The molecule has 0 aromatic rings. The number of hydrogen-bond acceptors (Lipinski definition) is 3. The van der Waals surface area contributed by atoms with E-state index in [1.165, 1.54) is 19.3 Å². The molecule has 1 aliphatic carbocycles. The third kappa shape index (κ3) is 5.34. The summed E-state index contributed by atoms with van der Waals surface area (Å²) in [5.41, 5.74) is 0.175. The SMILES string of the molecule is CCCCNC(=O)/C(C#N)=C\NC1CCCCC1C. The fourth-order valence-corrected chi connectivity index (χ4v) is 2.38. The number of hydrogen-bond donors (Lipinski definition) is 2. The minimum Gasteiger partial charge on any atom is -0.387 e. The van der Waals surface area contributed by atoms with E-state index in [4.69, 9.17) is 5.26 Å². The molecule has 1 amide bonds. The van der Waals surface area contributed by atoms with Gasteiger partial charge < -0.3 is 10.6 Å². The highest BCUT2D eigenvalue weighted by molar-refractivity contribution is 5.97. The van der Waals surface area contributed by atoms with Crippen molar-refractivity contribution < 1.29 is 4.79 Å². The van der Waals surface area contributed by atoms with Crippen molar-refractivity contribution in [2.45, 2.75) is 58.4 Å². The summed E-state index contributed by atoms with van der Waals surface area (Å²) >= 11 is 0. The third-order valence-corrected chi connectivity index (χ3v) is 3.73. The Bertz CT molecular complexity index is 357. The molecule has 1 saturated carbocycles. The highest BCUT2D eigenvalue weighted by Gasteiger charge is 2.20. The van der Waals surface area contributed by atoms with Gasteiger partial charge >= 0.3 is 0 Å². The Morgan fingerprint density at radius 3 is 2.79 bits per heavy atom. The van der Waals surface area contributed by atoms with Gasteiger partial charge in [-0.15, -0.1) is 0 Å². The summed E-state index contributed by atoms with van der Waals surface area (Å²) in [7, 11) is 0. The maximum absolute atomic E-state index is 11.8. The first-order valence-electron chi connectivity index (χ1n) is 7.33. The van der Waals surface area contributed by atoms with E-state index in [2.05, 4.69) is 24.5 Å². The van der Waals surface area contributed by atoms with Crippen LogP contribution in [0.3, 0.4) is 0 Å². The quantitative estimate of drug-likeness (QED) is 0.439. The zero-order valence-corrected chi connectivity index (χ0v) is 12.0. The molecule has 1 aliphatic rings. The van der Waals surface area contributed by atoms with Crippen LogP contribution in [0, 0.1) is 17.2 Å². The lowest BCUT2D eigenvalue weighted by Crippen LogP contribution is -2.35. The Morgan fingerprint density at radius 1 is 1.42 bits per heavy atom. The Morgan fingerprint density at radius 2 is 2.16 bits per heavy atom. The van der Waals surface area contributed by atoms with Crippen LogP contribution in [0.4, 0.5) is 0 Å². The summed E-state index contributed by atoms with van der Waals surface area (Å²) in [6, 6.07) is 2.36. The minimum atomic E-state index is -0.271. The molecule has 0 bridgehead atoms. The number of unbranched alkanes of at least 4 members (excludes halogenated alkanes) is 1. The molecule has 0 aliphatic heterocycles. The molecule has 0 heterocycles. The van der Waals surface area contributed by atoms with Gasteiger partial charge in [0.2, 0.25) is 0 Å². The highest BCUT2D eigenvalue weighted by atomic mass is 16.1. The van der Waals surface area contributed by atoms with E-state index in [0.29, 0.717) is 18.5 Å². The van der Waals surface area contributed by atoms with Crippen molar-refractivity contribution in [3.05, 3.63) is 11.8 Å². The molecule has 0 aromatic carbocycles. The molecular formula is C15H25N3O. The molecule has 2 N–H and O–H groups in total. The first kappa shape index (κ1) is 15.6. The largest absolute Gasteiger partial charge is 0.387 e. The molecule has 4 heteroatoms. The summed E-state index contributed by atoms with van der Waals surface area (Å²) in [5, 5.41) is 15.0. The number of nitrogens with one attached hydrogen (secondary N) is 2. The van der Waals surface area contributed by atoms with Crippen LogP contribution < -0.4 is 10.6 Å². The molecule has 2 unspecified atom stereocenters. The Balaban J connectivity index is 2.47. The first-order chi connectivity index (χ1) is 9.19. The van der Waals surface area contributed by atoms with Gasteiger partial charge in [-0.3, -0.25) is 4.79 Å². The van der Waals surface area contributed by atoms with Gasteiger partial charge in [0.1, 0.15) is 11.6 Å². The summed E-state index contributed by atoms with van der Waals surface area (Å²) in [6.45, 7) is 4.92. The number of carbonyl (C=O) groups excluding carboxylic acids is 1. The van der Waals surface area contributed by atoms with Crippen LogP contribution in [-0.4, -0.2) is 18.5 Å². The Kier molecular flexibility index (Phi) is 7.02. The molecule has 4 nitrogen and oxygen atoms in total. The molecule has 0 aromatic heterocycles. The lowest BCUT2D eigenvalue weighted by molar-refractivity contribution is -0.117. The Labute approximate surface area is 116 Å². The Hall–Kier alpha value is -1.50. The van der Waals surface area contributed by atoms with E-state index in [-0.39, 0.29) is 11.5 Å². The van der Waals surface area contributed by atoms with Crippen molar-refractivity contribution in [3.63, 3.8) is 0 Å². The predicted molar refractivity (Wildman–Crippen MR) is 76.2 cm³/mol. The van der Waals surface area contributed by atoms with Gasteiger partial charge in [0.05, 0.1) is 0 Å². The van der Waals surface area contributed by atoms with E-state index in [1.54, 1.807) is 6.20 Å². The summed E-state index contributed by atoms with van der Waals surface area (Å²) < 4.78 is 0. The van der Waals surface area contributed by atoms with E-state index in [0.717, 1.165) is 19.3 Å². The normalized spacial score (nSPS) is 23.5. The molecular weight excluding hydrogens is 238 g/mol. The molecule has 1 fully saturated rings. The average Bonchev–Trinajstić information content (AvgIpc) is 2.41. The van der Waals surface area contributed by atoms with Crippen molar-refractivity contribution in [2.24, 2.45) is 5.92 Å². The van der Waals surface area contributed by atoms with Crippen LogP contribution >= 0.6 is 0 Å². The van der Waals surface area contributed by atoms with E-state index in [1.807, 2.05) is 6.07 Å². The van der Waals surface area contributed by atoms with Gasteiger partial charge in [-0.05, 0) is 25.2 Å². The molecule has 1 rings (SSSR count). The van der Waals surface area contributed by atoms with Crippen LogP contribution in [0.1, 0.15) is 52.4 Å². The maximum Gasteiger partial charge on any atom is 0.263 e. The highest BCUT2D eigenvalue weighted by Crippen LogP contribution is 2.23. The van der Waals surface area contributed by atoms with Gasteiger partial charge in [-0.25, -0.2) is 0 Å². The lowest BCUT2D eigenvalue weighted by Gasteiger charge is -2.29. The summed E-state index contributed by atoms with van der Waals surface area (Å²) in [4.78, 5) is 11.8. The second kappa shape index (κ2) is 8.58. The number of carbonyl (C=O) groups is 1. The van der Waals surface area contributed by atoms with Gasteiger partial charge in [-0.1, -0.05) is 33.1 Å². The van der Waals surface area contributed by atoms with Crippen LogP contribution in [0.25, 0.3) is 0 Å². The van der Waals surface area contributed by atoms with Crippen LogP contribution in [0.15, 0.2) is 11.8 Å². The minimum absolute atomic E-state index is 0.175. The second-order valence-corrected chi connectivity index (χ2v) is 5.31. The second-order valence-electron chi connectivity index (χ2n) is 5.31. The van der Waals surface area contributed by atoms with Gasteiger partial charge in [0, 0.05) is 18.8 Å². The van der Waals surface area contributed by atoms with Crippen molar-refractivity contribution >= 4 is 5.91 Å². The topological polar surface area (TPSA) is 64.9 Å². The fourth-order valence-electron chi connectivity index (χ4n) is 2.38. The van der Waals surface area contributed by atoms with Crippen molar-refractivity contribution in [2.75, 3.05) is 6.54 Å². The monoisotopic (exact) mass is 263 g/mol. The first-order valence-corrected chi connectivity index (χ1v) is 7.33.